The summed E-state index contributed by atoms with van der Waals surface area (Å²) in [5.41, 5.74) is 9.56. The first kappa shape index (κ1) is 25.1. The van der Waals surface area contributed by atoms with Crippen LogP contribution in [-0.2, 0) is 0 Å². The van der Waals surface area contributed by atoms with E-state index in [1.807, 2.05) is 39.8 Å². The number of carbonyl (C=O) groups excluding carboxylic acids is 3. The van der Waals surface area contributed by atoms with Gasteiger partial charge in [-0.1, -0.05) is 32.9 Å². The number of primary amides is 1. The Hall–Kier alpha value is -4.00. The van der Waals surface area contributed by atoms with Crippen LogP contribution in [0.2, 0.25) is 0 Å². The van der Waals surface area contributed by atoms with Gasteiger partial charge in [-0.15, -0.1) is 0 Å². The predicted molar refractivity (Wildman–Crippen MR) is 141 cm³/mol. The van der Waals surface area contributed by atoms with Gasteiger partial charge in [-0.25, -0.2) is 0 Å². The number of aryl methyl sites for hydroxylation is 1. The summed E-state index contributed by atoms with van der Waals surface area (Å²) in [5.74, 6) is -1.00. The molecule has 7 nitrogen and oxygen atoms in total. The highest BCUT2D eigenvalue weighted by atomic mass is 16.2. The van der Waals surface area contributed by atoms with Crippen LogP contribution in [0.1, 0.15) is 70.3 Å². The monoisotopic (exact) mass is 484 g/mol. The maximum absolute atomic E-state index is 14.1. The number of nitrogens with zero attached hydrogens (tertiary/aromatic N) is 2. The molecule has 1 saturated carbocycles. The summed E-state index contributed by atoms with van der Waals surface area (Å²) in [7, 11) is 0. The van der Waals surface area contributed by atoms with E-state index in [2.05, 4.69) is 10.3 Å². The lowest BCUT2D eigenvalue weighted by Crippen LogP contribution is -2.34. The molecule has 1 fully saturated rings. The van der Waals surface area contributed by atoms with Gasteiger partial charge in [0.25, 0.3) is 11.8 Å². The zero-order chi connectivity index (χ0) is 26.0. The Labute approximate surface area is 211 Å². The average molecular weight is 485 g/mol. The summed E-state index contributed by atoms with van der Waals surface area (Å²) < 4.78 is 0. The molecular formula is C29H32N4O3. The van der Waals surface area contributed by atoms with Crippen molar-refractivity contribution in [3.8, 4) is 11.1 Å². The molecule has 1 aliphatic carbocycles. The van der Waals surface area contributed by atoms with Crippen molar-refractivity contribution in [3.05, 3.63) is 83.2 Å². The van der Waals surface area contributed by atoms with E-state index in [4.69, 9.17) is 5.73 Å². The van der Waals surface area contributed by atoms with Gasteiger partial charge >= 0.3 is 0 Å². The second-order valence-corrected chi connectivity index (χ2v) is 10.5. The van der Waals surface area contributed by atoms with E-state index in [-0.39, 0.29) is 23.3 Å². The largest absolute Gasteiger partial charge is 0.366 e. The second kappa shape index (κ2) is 9.93. The minimum atomic E-state index is -0.544. The number of carbonyl (C=O) groups is 3. The Bertz CT molecular complexity index is 1310. The number of nitrogens with two attached hydrogens (primary N) is 1. The molecule has 3 N–H and O–H groups in total. The Balaban J connectivity index is 1.83. The number of rotatable bonds is 7. The summed E-state index contributed by atoms with van der Waals surface area (Å²) >= 11 is 0. The molecule has 0 spiro atoms. The Kier molecular flexibility index (Phi) is 6.93. The van der Waals surface area contributed by atoms with Crippen molar-refractivity contribution in [1.82, 2.24) is 10.3 Å². The zero-order valence-electron chi connectivity index (χ0n) is 21.2. The minimum Gasteiger partial charge on any atom is -0.366 e. The third kappa shape index (κ3) is 5.62. The standard InChI is InChI=1S/C29H32N4O3/c1-18-7-8-19(26(30)34)14-24(18)23-12-9-20(27(35)32-17-29(2,3)4)15-25(23)28(36)33(21-10-11-21)22-6-5-13-31-16-22/h5-9,12-16,21H,10-11,17H2,1-4H3,(H2,30,34)(H,32,35). The molecule has 1 aliphatic rings. The smallest absolute Gasteiger partial charge is 0.259 e. The lowest BCUT2D eigenvalue weighted by molar-refractivity contribution is 0.0938. The van der Waals surface area contributed by atoms with Crippen LogP contribution >= 0.6 is 0 Å². The number of hydrogen-bond donors (Lipinski definition) is 2. The van der Waals surface area contributed by atoms with Gasteiger partial charge < -0.3 is 16.0 Å². The number of hydrogen-bond acceptors (Lipinski definition) is 4. The molecule has 3 aromatic rings. The first-order valence-corrected chi connectivity index (χ1v) is 12.1. The number of anilines is 1. The third-order valence-corrected chi connectivity index (χ3v) is 6.16. The Morgan fingerprint density at radius 3 is 2.36 bits per heavy atom. The second-order valence-electron chi connectivity index (χ2n) is 10.5. The van der Waals surface area contributed by atoms with Crippen LogP contribution in [0.3, 0.4) is 0 Å². The summed E-state index contributed by atoms with van der Waals surface area (Å²) in [4.78, 5) is 45.0. The van der Waals surface area contributed by atoms with Crippen molar-refractivity contribution >= 4 is 23.4 Å². The highest BCUT2D eigenvalue weighted by molar-refractivity contribution is 6.12. The molecule has 0 bridgehead atoms. The molecule has 3 amide bonds. The van der Waals surface area contributed by atoms with Crippen LogP contribution in [0.15, 0.2) is 60.9 Å². The fourth-order valence-electron chi connectivity index (χ4n) is 4.06. The van der Waals surface area contributed by atoms with Gasteiger partial charge in [-0.2, -0.15) is 0 Å². The quantitative estimate of drug-likeness (QED) is 0.505. The first-order valence-electron chi connectivity index (χ1n) is 12.1. The third-order valence-electron chi connectivity index (χ3n) is 6.16. The zero-order valence-corrected chi connectivity index (χ0v) is 21.2. The van der Waals surface area contributed by atoms with Crippen molar-refractivity contribution in [1.29, 1.82) is 0 Å². The van der Waals surface area contributed by atoms with E-state index in [0.29, 0.717) is 34.5 Å². The van der Waals surface area contributed by atoms with Crippen molar-refractivity contribution in [2.45, 2.75) is 46.6 Å². The summed E-state index contributed by atoms with van der Waals surface area (Å²) in [5, 5.41) is 2.96. The van der Waals surface area contributed by atoms with Crippen molar-refractivity contribution in [2.24, 2.45) is 11.1 Å². The summed E-state index contributed by atoms with van der Waals surface area (Å²) in [6.45, 7) is 8.54. The predicted octanol–water partition coefficient (Wildman–Crippen LogP) is 4.74. The maximum Gasteiger partial charge on any atom is 0.259 e. The highest BCUT2D eigenvalue weighted by Gasteiger charge is 2.35. The first-order chi connectivity index (χ1) is 17.0. The minimum absolute atomic E-state index is 0.0750. The number of amides is 3. The fourth-order valence-corrected chi connectivity index (χ4v) is 4.06. The van der Waals surface area contributed by atoms with E-state index >= 15 is 0 Å². The molecule has 0 radical (unpaired) electrons. The van der Waals surface area contributed by atoms with Crippen LogP contribution in [0.5, 0.6) is 0 Å². The van der Waals surface area contributed by atoms with Crippen LogP contribution in [0, 0.1) is 12.3 Å². The number of pyridine rings is 1. The lowest BCUT2D eigenvalue weighted by Gasteiger charge is -2.24. The molecule has 36 heavy (non-hydrogen) atoms. The summed E-state index contributed by atoms with van der Waals surface area (Å²) in [6, 6.07) is 14.1. The van der Waals surface area contributed by atoms with Crippen molar-refractivity contribution in [3.63, 3.8) is 0 Å². The number of aromatic nitrogens is 1. The van der Waals surface area contributed by atoms with Gasteiger partial charge in [0.1, 0.15) is 0 Å². The Morgan fingerprint density at radius 2 is 1.75 bits per heavy atom. The molecule has 7 heteroatoms. The lowest BCUT2D eigenvalue weighted by atomic mass is 9.91. The van der Waals surface area contributed by atoms with E-state index in [1.54, 1.807) is 53.7 Å². The molecule has 4 rings (SSSR count). The highest BCUT2D eigenvalue weighted by Crippen LogP contribution is 2.36. The van der Waals surface area contributed by atoms with Crippen LogP contribution < -0.4 is 16.0 Å². The Morgan fingerprint density at radius 1 is 1.03 bits per heavy atom. The number of benzene rings is 2. The molecule has 1 aromatic heterocycles. The molecule has 0 saturated heterocycles. The SMILES string of the molecule is Cc1ccc(C(N)=O)cc1-c1ccc(C(=O)NCC(C)(C)C)cc1C(=O)N(c1cccnc1)C1CC1. The van der Waals surface area contributed by atoms with Gasteiger partial charge in [0.05, 0.1) is 11.9 Å². The normalized spacial score (nSPS) is 13.2. The van der Waals surface area contributed by atoms with Crippen LogP contribution in [0.25, 0.3) is 11.1 Å². The summed E-state index contributed by atoms with van der Waals surface area (Å²) in [6.07, 6.45) is 5.15. The van der Waals surface area contributed by atoms with E-state index in [9.17, 15) is 14.4 Å². The van der Waals surface area contributed by atoms with E-state index < -0.39 is 5.91 Å². The number of nitrogens with one attached hydrogen (secondary N) is 1. The maximum atomic E-state index is 14.1. The van der Waals surface area contributed by atoms with Crippen LogP contribution in [-0.4, -0.2) is 35.3 Å². The van der Waals surface area contributed by atoms with Gasteiger partial charge in [0, 0.05) is 35.5 Å². The molecule has 0 aliphatic heterocycles. The molecular weight excluding hydrogens is 452 g/mol. The molecule has 1 heterocycles. The molecule has 2 aromatic carbocycles. The average Bonchev–Trinajstić information content (AvgIpc) is 3.68. The van der Waals surface area contributed by atoms with E-state index in [1.165, 1.54) is 0 Å². The molecule has 0 atom stereocenters. The van der Waals surface area contributed by atoms with Gasteiger partial charge in [-0.05, 0) is 78.3 Å². The molecule has 186 valence electrons. The van der Waals surface area contributed by atoms with Gasteiger partial charge in [0.15, 0.2) is 0 Å². The van der Waals surface area contributed by atoms with Crippen LogP contribution in [0.4, 0.5) is 5.69 Å². The van der Waals surface area contributed by atoms with Gasteiger partial charge in [0.2, 0.25) is 5.91 Å². The van der Waals surface area contributed by atoms with Gasteiger partial charge in [-0.3, -0.25) is 19.4 Å². The van der Waals surface area contributed by atoms with E-state index in [0.717, 1.165) is 24.0 Å². The van der Waals surface area contributed by atoms with Crippen molar-refractivity contribution in [2.75, 3.05) is 11.4 Å². The fraction of sp³-hybridized carbons (Fsp3) is 0.310. The van der Waals surface area contributed by atoms with Crippen molar-refractivity contribution < 1.29 is 14.4 Å². The topological polar surface area (TPSA) is 105 Å². The molecule has 0 unspecified atom stereocenters.